The highest BCUT2D eigenvalue weighted by Gasteiger charge is 2.27. The lowest BCUT2D eigenvalue weighted by Gasteiger charge is -2.28. The topological polar surface area (TPSA) is 62.2 Å². The molecule has 0 bridgehead atoms. The van der Waals surface area contributed by atoms with E-state index in [9.17, 15) is 4.79 Å². The third-order valence-electron chi connectivity index (χ3n) is 6.65. The van der Waals surface area contributed by atoms with Crippen LogP contribution < -0.4 is 10.6 Å². The van der Waals surface area contributed by atoms with Gasteiger partial charge in [0, 0.05) is 22.7 Å². The fourth-order valence-electron chi connectivity index (χ4n) is 5.00. The predicted molar refractivity (Wildman–Crippen MR) is 128 cm³/mol. The molecule has 5 rings (SSSR count). The minimum Gasteiger partial charge on any atom is -0.336 e. The van der Waals surface area contributed by atoms with Crippen LogP contribution in [0.5, 0.6) is 0 Å². The van der Waals surface area contributed by atoms with Gasteiger partial charge >= 0.3 is 6.03 Å². The summed E-state index contributed by atoms with van der Waals surface area (Å²) >= 11 is 1.77. The molecule has 2 aromatic heterocycles. The van der Waals surface area contributed by atoms with E-state index in [0.717, 1.165) is 44.5 Å². The van der Waals surface area contributed by atoms with Gasteiger partial charge in [0.15, 0.2) is 0 Å². The highest BCUT2D eigenvalue weighted by molar-refractivity contribution is 7.10. The van der Waals surface area contributed by atoms with E-state index in [0.29, 0.717) is 6.54 Å². The molecule has 1 fully saturated rings. The zero-order chi connectivity index (χ0) is 21.8. The van der Waals surface area contributed by atoms with Crippen LogP contribution in [0.1, 0.15) is 59.5 Å². The second kappa shape index (κ2) is 9.88. The SMILES string of the molecule is O=C(NCC(c1cccs1)N1CCCC1)NC1CCCc2c1cnn2Cc1ccccc1. The summed E-state index contributed by atoms with van der Waals surface area (Å²) in [5.74, 6) is 0. The Kier molecular flexibility index (Phi) is 6.55. The van der Waals surface area contributed by atoms with Gasteiger partial charge in [-0.3, -0.25) is 9.58 Å². The fourth-order valence-corrected chi connectivity index (χ4v) is 5.86. The van der Waals surface area contributed by atoms with Gasteiger partial charge in [0.1, 0.15) is 0 Å². The van der Waals surface area contributed by atoms with E-state index in [2.05, 4.69) is 67.1 Å². The second-order valence-electron chi connectivity index (χ2n) is 8.76. The van der Waals surface area contributed by atoms with Crippen molar-refractivity contribution in [3.63, 3.8) is 0 Å². The fraction of sp³-hybridized carbons (Fsp3) is 0.440. The summed E-state index contributed by atoms with van der Waals surface area (Å²) in [5.41, 5.74) is 3.66. The van der Waals surface area contributed by atoms with E-state index in [1.807, 2.05) is 12.3 Å². The molecule has 32 heavy (non-hydrogen) atoms. The molecule has 1 saturated heterocycles. The summed E-state index contributed by atoms with van der Waals surface area (Å²) in [4.78, 5) is 16.7. The van der Waals surface area contributed by atoms with Crippen LogP contribution in [0.15, 0.2) is 54.0 Å². The molecule has 3 heterocycles. The molecule has 7 heteroatoms. The van der Waals surface area contributed by atoms with Gasteiger partial charge in [-0.25, -0.2) is 4.79 Å². The van der Waals surface area contributed by atoms with Crippen LogP contribution in [-0.4, -0.2) is 40.3 Å². The Morgan fingerprint density at radius 2 is 1.97 bits per heavy atom. The van der Waals surface area contributed by atoms with Crippen molar-refractivity contribution in [2.45, 2.75) is 50.7 Å². The van der Waals surface area contributed by atoms with Gasteiger partial charge in [-0.2, -0.15) is 5.10 Å². The van der Waals surface area contributed by atoms with E-state index >= 15 is 0 Å². The summed E-state index contributed by atoms with van der Waals surface area (Å²) in [7, 11) is 0. The summed E-state index contributed by atoms with van der Waals surface area (Å²) in [5, 5.41) is 13.2. The average Bonchev–Trinajstić information content (AvgIpc) is 3.58. The van der Waals surface area contributed by atoms with Crippen LogP contribution in [0.3, 0.4) is 0 Å². The molecule has 2 aliphatic rings. The number of nitrogens with one attached hydrogen (secondary N) is 2. The van der Waals surface area contributed by atoms with E-state index in [-0.39, 0.29) is 18.1 Å². The maximum Gasteiger partial charge on any atom is 0.315 e. The normalized spacial score (nSPS) is 19.4. The van der Waals surface area contributed by atoms with Crippen LogP contribution in [0.25, 0.3) is 0 Å². The first-order valence-corrected chi connectivity index (χ1v) is 12.6. The number of fused-ring (bicyclic) bond motifs is 1. The number of hydrogen-bond donors (Lipinski definition) is 2. The van der Waals surface area contributed by atoms with E-state index in [1.165, 1.54) is 29.0 Å². The maximum absolute atomic E-state index is 12.8. The van der Waals surface area contributed by atoms with Crippen molar-refractivity contribution in [1.29, 1.82) is 0 Å². The first-order chi connectivity index (χ1) is 15.8. The lowest BCUT2D eigenvalue weighted by Crippen LogP contribution is -2.43. The molecular weight excluding hydrogens is 418 g/mol. The lowest BCUT2D eigenvalue weighted by atomic mass is 9.93. The Labute approximate surface area is 193 Å². The molecular formula is C25H31N5OS. The third-order valence-corrected chi connectivity index (χ3v) is 7.63. The first kappa shape index (κ1) is 21.2. The van der Waals surface area contributed by atoms with E-state index < -0.39 is 0 Å². The van der Waals surface area contributed by atoms with Gasteiger partial charge in [-0.15, -0.1) is 11.3 Å². The Bertz CT molecular complexity index is 1010. The number of carbonyl (C=O) groups excluding carboxylic acids is 1. The molecule has 2 amide bonds. The van der Waals surface area contributed by atoms with Crippen molar-refractivity contribution >= 4 is 17.4 Å². The number of aromatic nitrogens is 2. The van der Waals surface area contributed by atoms with Gasteiger partial charge in [0.25, 0.3) is 0 Å². The van der Waals surface area contributed by atoms with Crippen LogP contribution in [-0.2, 0) is 13.0 Å². The molecule has 6 nitrogen and oxygen atoms in total. The van der Waals surface area contributed by atoms with Gasteiger partial charge in [0.05, 0.1) is 24.8 Å². The first-order valence-electron chi connectivity index (χ1n) is 11.7. The largest absolute Gasteiger partial charge is 0.336 e. The Morgan fingerprint density at radius 1 is 1.12 bits per heavy atom. The molecule has 1 aliphatic carbocycles. The molecule has 3 aromatic rings. The Morgan fingerprint density at radius 3 is 2.75 bits per heavy atom. The van der Waals surface area contributed by atoms with Crippen molar-refractivity contribution in [1.82, 2.24) is 25.3 Å². The highest BCUT2D eigenvalue weighted by Crippen LogP contribution is 2.30. The summed E-state index contributed by atoms with van der Waals surface area (Å²) in [6.07, 6.45) is 7.46. The molecule has 2 atom stereocenters. The quantitative estimate of drug-likeness (QED) is 0.558. The molecule has 1 aromatic carbocycles. The standard InChI is InChI=1S/C25H31N5OS/c31-25(26-17-23(24-12-7-15-32-24)29-13-4-5-14-29)28-21-10-6-11-22-20(21)16-27-30(22)18-19-8-2-1-3-9-19/h1-3,7-9,12,15-16,21,23H,4-6,10-11,13-14,17-18H2,(H2,26,28,31). The van der Waals surface area contributed by atoms with Crippen LogP contribution >= 0.6 is 11.3 Å². The predicted octanol–water partition coefficient (Wildman–Crippen LogP) is 4.51. The van der Waals surface area contributed by atoms with Crippen molar-refractivity contribution < 1.29 is 4.79 Å². The smallest absolute Gasteiger partial charge is 0.315 e. The van der Waals surface area contributed by atoms with Crippen molar-refractivity contribution in [3.05, 3.63) is 75.7 Å². The molecule has 0 spiro atoms. The molecule has 2 N–H and O–H groups in total. The average molecular weight is 450 g/mol. The number of nitrogens with zero attached hydrogens (tertiary/aromatic N) is 3. The summed E-state index contributed by atoms with van der Waals surface area (Å²) in [6.45, 7) is 3.63. The zero-order valence-corrected chi connectivity index (χ0v) is 19.2. The summed E-state index contributed by atoms with van der Waals surface area (Å²) in [6, 6.07) is 14.9. The molecule has 0 saturated carbocycles. The number of rotatable bonds is 7. The van der Waals surface area contributed by atoms with Gasteiger partial charge < -0.3 is 10.6 Å². The van der Waals surface area contributed by atoms with E-state index in [4.69, 9.17) is 0 Å². The van der Waals surface area contributed by atoms with Gasteiger partial charge in [-0.1, -0.05) is 36.4 Å². The number of likely N-dealkylation sites (tertiary alicyclic amines) is 1. The van der Waals surface area contributed by atoms with Crippen molar-refractivity contribution in [3.8, 4) is 0 Å². The van der Waals surface area contributed by atoms with Crippen LogP contribution in [0.2, 0.25) is 0 Å². The van der Waals surface area contributed by atoms with Gasteiger partial charge in [0.2, 0.25) is 0 Å². The van der Waals surface area contributed by atoms with Crippen molar-refractivity contribution in [2.24, 2.45) is 0 Å². The molecule has 2 unspecified atom stereocenters. The number of hydrogen-bond acceptors (Lipinski definition) is 4. The molecule has 0 radical (unpaired) electrons. The third kappa shape index (κ3) is 4.74. The number of amides is 2. The second-order valence-corrected chi connectivity index (χ2v) is 9.74. The maximum atomic E-state index is 12.8. The minimum absolute atomic E-state index is 0.0234. The van der Waals surface area contributed by atoms with Crippen LogP contribution in [0.4, 0.5) is 4.79 Å². The number of urea groups is 1. The molecule has 168 valence electrons. The number of thiophene rings is 1. The Hall–Kier alpha value is -2.64. The van der Waals surface area contributed by atoms with E-state index in [1.54, 1.807) is 11.3 Å². The molecule has 1 aliphatic heterocycles. The lowest BCUT2D eigenvalue weighted by molar-refractivity contribution is 0.218. The minimum atomic E-state index is -0.0839. The van der Waals surface area contributed by atoms with Gasteiger partial charge in [-0.05, 0) is 62.2 Å². The zero-order valence-electron chi connectivity index (χ0n) is 18.4. The Balaban J connectivity index is 1.22. The summed E-state index contributed by atoms with van der Waals surface area (Å²) < 4.78 is 2.09. The van der Waals surface area contributed by atoms with Crippen LogP contribution in [0, 0.1) is 0 Å². The highest BCUT2D eigenvalue weighted by atomic mass is 32.1. The monoisotopic (exact) mass is 449 g/mol. The number of benzene rings is 1. The number of carbonyl (C=O) groups is 1. The van der Waals surface area contributed by atoms with Crippen molar-refractivity contribution in [2.75, 3.05) is 19.6 Å².